The van der Waals surface area contributed by atoms with Crippen molar-refractivity contribution in [2.45, 2.75) is 25.4 Å². The first-order valence-electron chi connectivity index (χ1n) is 5.76. The second-order valence-electron chi connectivity index (χ2n) is 4.49. The number of pyridine rings is 1. The van der Waals surface area contributed by atoms with Crippen LogP contribution in [0.15, 0.2) is 12.3 Å². The molecule has 1 saturated carbocycles. The average Bonchev–Trinajstić information content (AvgIpc) is 2.73. The topological polar surface area (TPSA) is 95.0 Å². The maximum absolute atomic E-state index is 9.42. The summed E-state index contributed by atoms with van der Waals surface area (Å²) in [5.41, 5.74) is 6.52. The molecule has 5 nitrogen and oxygen atoms in total. The Labute approximate surface area is 100 Å². The van der Waals surface area contributed by atoms with E-state index in [0.29, 0.717) is 23.0 Å². The average molecular weight is 232 g/mol. The predicted molar refractivity (Wildman–Crippen MR) is 65.2 cm³/mol. The molecule has 1 aromatic rings. The molecule has 0 aromatic carbocycles. The normalized spacial score (nSPS) is 23.3. The minimum Gasteiger partial charge on any atom is -0.397 e. The Balaban J connectivity index is 1.97. The lowest BCUT2D eigenvalue weighted by Crippen LogP contribution is -2.14. The Morgan fingerprint density at radius 1 is 1.59 bits per heavy atom. The van der Waals surface area contributed by atoms with Crippen molar-refractivity contribution in [3.8, 4) is 6.07 Å². The molecule has 1 aromatic heterocycles. The van der Waals surface area contributed by atoms with Gasteiger partial charge in [0.2, 0.25) is 0 Å². The number of aromatic nitrogens is 1. The van der Waals surface area contributed by atoms with Gasteiger partial charge in [-0.25, -0.2) is 4.98 Å². The van der Waals surface area contributed by atoms with Gasteiger partial charge in [-0.3, -0.25) is 0 Å². The monoisotopic (exact) mass is 232 g/mol. The van der Waals surface area contributed by atoms with Crippen LogP contribution < -0.4 is 11.1 Å². The van der Waals surface area contributed by atoms with Gasteiger partial charge in [-0.1, -0.05) is 0 Å². The van der Waals surface area contributed by atoms with E-state index < -0.39 is 0 Å². The number of nitrogen functional groups attached to an aromatic ring is 1. The molecular formula is C12H16N4O. The van der Waals surface area contributed by atoms with Gasteiger partial charge in [0.15, 0.2) is 0 Å². The maximum atomic E-state index is 9.42. The first-order chi connectivity index (χ1) is 8.19. The molecule has 0 radical (unpaired) electrons. The van der Waals surface area contributed by atoms with Crippen LogP contribution >= 0.6 is 0 Å². The van der Waals surface area contributed by atoms with E-state index in [1.807, 2.05) is 0 Å². The number of nitrogens with one attached hydrogen (secondary N) is 1. The van der Waals surface area contributed by atoms with Crippen LogP contribution in [0.25, 0.3) is 0 Å². The number of nitrogens with zero attached hydrogens (tertiary/aromatic N) is 2. The number of anilines is 2. The Hall–Kier alpha value is -1.80. The molecule has 0 saturated heterocycles. The summed E-state index contributed by atoms with van der Waals surface area (Å²) < 4.78 is 0. The number of hydrogen-bond donors (Lipinski definition) is 3. The van der Waals surface area contributed by atoms with Crippen LogP contribution in [0.1, 0.15) is 24.8 Å². The molecule has 1 fully saturated rings. The number of nitriles is 1. The molecule has 0 spiro atoms. The smallest absolute Gasteiger partial charge is 0.144 e. The lowest BCUT2D eigenvalue weighted by atomic mass is 10.1. The third-order valence-electron chi connectivity index (χ3n) is 3.10. The van der Waals surface area contributed by atoms with Crippen LogP contribution in [0.5, 0.6) is 0 Å². The van der Waals surface area contributed by atoms with E-state index in [-0.39, 0.29) is 6.10 Å². The van der Waals surface area contributed by atoms with E-state index in [2.05, 4.69) is 16.4 Å². The van der Waals surface area contributed by atoms with E-state index >= 15 is 0 Å². The van der Waals surface area contributed by atoms with Gasteiger partial charge in [-0.05, 0) is 31.2 Å². The van der Waals surface area contributed by atoms with Gasteiger partial charge in [-0.2, -0.15) is 5.26 Å². The van der Waals surface area contributed by atoms with E-state index in [0.717, 1.165) is 25.8 Å². The van der Waals surface area contributed by atoms with Gasteiger partial charge < -0.3 is 16.2 Å². The van der Waals surface area contributed by atoms with Crippen molar-refractivity contribution in [1.82, 2.24) is 4.98 Å². The molecule has 0 bridgehead atoms. The van der Waals surface area contributed by atoms with Gasteiger partial charge in [0.05, 0.1) is 23.6 Å². The van der Waals surface area contributed by atoms with Crippen molar-refractivity contribution in [2.24, 2.45) is 5.92 Å². The van der Waals surface area contributed by atoms with E-state index in [1.165, 1.54) is 6.20 Å². The fourth-order valence-electron chi connectivity index (χ4n) is 2.18. The second-order valence-corrected chi connectivity index (χ2v) is 4.49. The summed E-state index contributed by atoms with van der Waals surface area (Å²) in [6.07, 6.45) is 4.07. The van der Waals surface area contributed by atoms with Gasteiger partial charge in [-0.15, -0.1) is 0 Å². The summed E-state index contributed by atoms with van der Waals surface area (Å²) in [7, 11) is 0. The van der Waals surface area contributed by atoms with Crippen LogP contribution in [-0.4, -0.2) is 22.7 Å². The van der Waals surface area contributed by atoms with Gasteiger partial charge in [0.25, 0.3) is 0 Å². The molecule has 5 heteroatoms. The van der Waals surface area contributed by atoms with Crippen molar-refractivity contribution in [3.05, 3.63) is 17.8 Å². The molecule has 4 N–H and O–H groups in total. The SMILES string of the molecule is N#Cc1cc(N)cnc1NCC1CCC(O)C1. The third-order valence-corrected chi connectivity index (χ3v) is 3.10. The number of hydrogen-bond acceptors (Lipinski definition) is 5. The summed E-state index contributed by atoms with van der Waals surface area (Å²) in [5, 5.41) is 21.5. The molecule has 2 rings (SSSR count). The summed E-state index contributed by atoms with van der Waals surface area (Å²) in [6, 6.07) is 3.68. The van der Waals surface area contributed by atoms with Gasteiger partial charge in [0.1, 0.15) is 11.9 Å². The lowest BCUT2D eigenvalue weighted by Gasteiger charge is -2.12. The van der Waals surface area contributed by atoms with Crippen LogP contribution in [0.3, 0.4) is 0 Å². The second kappa shape index (κ2) is 5.02. The summed E-state index contributed by atoms with van der Waals surface area (Å²) in [4.78, 5) is 4.11. The standard InChI is InChI=1S/C12H16N4O/c13-5-9-4-10(14)7-16-12(9)15-6-8-1-2-11(17)3-8/h4,7-8,11,17H,1-3,6,14H2,(H,15,16). The number of nitrogens with two attached hydrogens (primary N) is 1. The van der Waals surface area contributed by atoms with Crippen molar-refractivity contribution in [1.29, 1.82) is 5.26 Å². The highest BCUT2D eigenvalue weighted by Crippen LogP contribution is 2.26. The molecule has 0 aliphatic heterocycles. The van der Waals surface area contributed by atoms with E-state index in [1.54, 1.807) is 6.07 Å². The summed E-state index contributed by atoms with van der Waals surface area (Å²) in [5.74, 6) is 1.03. The number of aliphatic hydroxyl groups is 1. The molecule has 1 heterocycles. The van der Waals surface area contributed by atoms with E-state index in [9.17, 15) is 5.11 Å². The fourth-order valence-corrected chi connectivity index (χ4v) is 2.18. The molecule has 90 valence electrons. The summed E-state index contributed by atoms with van der Waals surface area (Å²) in [6.45, 7) is 0.739. The molecule has 2 atom stereocenters. The van der Waals surface area contributed by atoms with Crippen molar-refractivity contribution < 1.29 is 5.11 Å². The molecule has 1 aliphatic carbocycles. The van der Waals surface area contributed by atoms with Crippen LogP contribution in [0.2, 0.25) is 0 Å². The fraction of sp³-hybridized carbons (Fsp3) is 0.500. The van der Waals surface area contributed by atoms with Crippen LogP contribution in [-0.2, 0) is 0 Å². The predicted octanol–water partition coefficient (Wildman–Crippen LogP) is 1.11. The summed E-state index contributed by atoms with van der Waals surface area (Å²) >= 11 is 0. The maximum Gasteiger partial charge on any atom is 0.144 e. The minimum absolute atomic E-state index is 0.170. The van der Waals surface area contributed by atoms with Gasteiger partial charge >= 0.3 is 0 Å². The highest BCUT2D eigenvalue weighted by molar-refractivity contribution is 5.57. The number of rotatable bonds is 3. The lowest BCUT2D eigenvalue weighted by molar-refractivity contribution is 0.178. The quantitative estimate of drug-likeness (QED) is 0.725. The van der Waals surface area contributed by atoms with Crippen molar-refractivity contribution in [2.75, 3.05) is 17.6 Å². The zero-order valence-electron chi connectivity index (χ0n) is 9.56. The zero-order valence-corrected chi connectivity index (χ0v) is 9.56. The zero-order chi connectivity index (χ0) is 12.3. The Morgan fingerprint density at radius 3 is 3.06 bits per heavy atom. The highest BCUT2D eigenvalue weighted by atomic mass is 16.3. The molecule has 1 aliphatic rings. The first kappa shape index (κ1) is 11.7. The minimum atomic E-state index is -0.170. The highest BCUT2D eigenvalue weighted by Gasteiger charge is 2.22. The van der Waals surface area contributed by atoms with Crippen molar-refractivity contribution >= 4 is 11.5 Å². The molecule has 2 unspecified atom stereocenters. The molecule has 0 amide bonds. The third kappa shape index (κ3) is 2.86. The van der Waals surface area contributed by atoms with E-state index in [4.69, 9.17) is 11.0 Å². The molecular weight excluding hydrogens is 216 g/mol. The molecule has 17 heavy (non-hydrogen) atoms. The van der Waals surface area contributed by atoms with Crippen molar-refractivity contribution in [3.63, 3.8) is 0 Å². The van der Waals surface area contributed by atoms with Crippen LogP contribution in [0, 0.1) is 17.2 Å². The largest absolute Gasteiger partial charge is 0.397 e. The van der Waals surface area contributed by atoms with Crippen LogP contribution in [0.4, 0.5) is 11.5 Å². The Bertz CT molecular complexity index is 441. The van der Waals surface area contributed by atoms with Gasteiger partial charge in [0, 0.05) is 6.54 Å². The Morgan fingerprint density at radius 2 is 2.41 bits per heavy atom. The first-order valence-corrected chi connectivity index (χ1v) is 5.76. The Kier molecular flexibility index (Phi) is 3.45. The number of aliphatic hydroxyl groups excluding tert-OH is 1.